The Bertz CT molecular complexity index is 599. The van der Waals surface area contributed by atoms with Gasteiger partial charge in [0.1, 0.15) is 0 Å². The van der Waals surface area contributed by atoms with E-state index in [1.165, 1.54) is 5.56 Å². The maximum Gasteiger partial charge on any atom is 0.252 e. The lowest BCUT2D eigenvalue weighted by molar-refractivity contribution is 0.0953. The maximum absolute atomic E-state index is 12.0. The summed E-state index contributed by atoms with van der Waals surface area (Å²) in [5.74, 6) is -0.179. The molecule has 2 nitrogen and oxygen atoms in total. The zero-order valence-electron chi connectivity index (χ0n) is 11.6. The number of aryl methyl sites for hydroxylation is 1. The first-order valence-corrected chi connectivity index (χ1v) is 7.69. The summed E-state index contributed by atoms with van der Waals surface area (Å²) in [6, 6.07) is 15.2. The molecule has 0 saturated carbocycles. The largest absolute Gasteiger partial charge is 0.352 e. The SMILES string of the molecule is O=C(NCCCCc1ccccc1)c1cc(Cl)ccc1Cl. The summed E-state index contributed by atoms with van der Waals surface area (Å²) in [5, 5.41) is 3.80. The highest BCUT2D eigenvalue weighted by molar-refractivity contribution is 6.35. The number of amides is 1. The molecule has 0 aliphatic heterocycles. The second kappa shape index (κ2) is 8.06. The highest BCUT2D eigenvalue weighted by Crippen LogP contribution is 2.20. The predicted octanol–water partition coefficient (Wildman–Crippen LogP) is 4.75. The summed E-state index contributed by atoms with van der Waals surface area (Å²) in [5.41, 5.74) is 1.74. The van der Waals surface area contributed by atoms with Crippen LogP contribution in [-0.4, -0.2) is 12.5 Å². The molecule has 0 saturated heterocycles. The number of hydrogen-bond donors (Lipinski definition) is 1. The normalized spacial score (nSPS) is 10.4. The zero-order chi connectivity index (χ0) is 15.1. The lowest BCUT2D eigenvalue weighted by Gasteiger charge is -2.07. The van der Waals surface area contributed by atoms with Gasteiger partial charge in [0.2, 0.25) is 0 Å². The van der Waals surface area contributed by atoms with Crippen molar-refractivity contribution in [2.75, 3.05) is 6.54 Å². The summed E-state index contributed by atoms with van der Waals surface area (Å²) in [7, 11) is 0. The Morgan fingerprint density at radius 3 is 2.52 bits per heavy atom. The first kappa shape index (κ1) is 15.9. The van der Waals surface area contributed by atoms with Gasteiger partial charge in [-0.1, -0.05) is 53.5 Å². The average Bonchev–Trinajstić information content (AvgIpc) is 2.50. The molecule has 2 aromatic rings. The van der Waals surface area contributed by atoms with Gasteiger partial charge in [0.25, 0.3) is 5.91 Å². The third-order valence-corrected chi connectivity index (χ3v) is 3.76. The zero-order valence-corrected chi connectivity index (χ0v) is 13.1. The van der Waals surface area contributed by atoms with Crippen LogP contribution in [0.25, 0.3) is 0 Å². The summed E-state index contributed by atoms with van der Waals surface area (Å²) in [4.78, 5) is 12.0. The molecule has 0 heterocycles. The molecular weight excluding hydrogens is 305 g/mol. The molecule has 4 heteroatoms. The van der Waals surface area contributed by atoms with E-state index in [-0.39, 0.29) is 5.91 Å². The molecule has 1 amide bonds. The Morgan fingerprint density at radius 2 is 1.76 bits per heavy atom. The first-order valence-electron chi connectivity index (χ1n) is 6.94. The van der Waals surface area contributed by atoms with Gasteiger partial charge in [-0.05, 0) is 43.0 Å². The fraction of sp³-hybridized carbons (Fsp3) is 0.235. The van der Waals surface area contributed by atoms with Gasteiger partial charge in [-0.25, -0.2) is 0 Å². The fourth-order valence-corrected chi connectivity index (χ4v) is 2.44. The van der Waals surface area contributed by atoms with Crippen molar-refractivity contribution in [3.8, 4) is 0 Å². The van der Waals surface area contributed by atoms with E-state index in [4.69, 9.17) is 23.2 Å². The molecule has 1 N–H and O–H groups in total. The van der Waals surface area contributed by atoms with Gasteiger partial charge >= 0.3 is 0 Å². The van der Waals surface area contributed by atoms with E-state index in [0.29, 0.717) is 22.2 Å². The van der Waals surface area contributed by atoms with Gasteiger partial charge in [0, 0.05) is 11.6 Å². The van der Waals surface area contributed by atoms with Gasteiger partial charge in [-0.15, -0.1) is 0 Å². The van der Waals surface area contributed by atoms with Gasteiger partial charge in [-0.2, -0.15) is 0 Å². The topological polar surface area (TPSA) is 29.1 Å². The highest BCUT2D eigenvalue weighted by Gasteiger charge is 2.10. The molecule has 0 aliphatic rings. The molecule has 21 heavy (non-hydrogen) atoms. The van der Waals surface area contributed by atoms with Crippen LogP contribution in [0.15, 0.2) is 48.5 Å². The maximum atomic E-state index is 12.0. The van der Waals surface area contributed by atoms with Crippen molar-refractivity contribution in [3.05, 3.63) is 69.7 Å². The molecule has 0 spiro atoms. The molecule has 2 rings (SSSR count). The lowest BCUT2D eigenvalue weighted by Crippen LogP contribution is -2.24. The van der Waals surface area contributed by atoms with Gasteiger partial charge in [-0.3, -0.25) is 4.79 Å². The second-order valence-electron chi connectivity index (χ2n) is 4.82. The van der Waals surface area contributed by atoms with Crippen LogP contribution in [0.4, 0.5) is 0 Å². The van der Waals surface area contributed by atoms with Gasteiger partial charge in [0.15, 0.2) is 0 Å². The van der Waals surface area contributed by atoms with Crippen LogP contribution in [0.5, 0.6) is 0 Å². The summed E-state index contributed by atoms with van der Waals surface area (Å²) < 4.78 is 0. The Labute approximate surface area is 135 Å². The third kappa shape index (κ3) is 5.07. The minimum Gasteiger partial charge on any atom is -0.352 e. The van der Waals surface area contributed by atoms with Crippen molar-refractivity contribution in [1.29, 1.82) is 0 Å². The third-order valence-electron chi connectivity index (χ3n) is 3.19. The molecule has 0 bridgehead atoms. The number of halogens is 2. The fourth-order valence-electron chi connectivity index (χ4n) is 2.07. The average molecular weight is 322 g/mol. The van der Waals surface area contributed by atoms with Crippen molar-refractivity contribution in [3.63, 3.8) is 0 Å². The summed E-state index contributed by atoms with van der Waals surface area (Å²) in [6.07, 6.45) is 2.99. The first-order chi connectivity index (χ1) is 10.2. The minimum absolute atomic E-state index is 0.179. The molecule has 2 aromatic carbocycles. The van der Waals surface area contributed by atoms with E-state index in [0.717, 1.165) is 19.3 Å². The van der Waals surface area contributed by atoms with Gasteiger partial charge in [0.05, 0.1) is 10.6 Å². The molecule has 0 fully saturated rings. The number of unbranched alkanes of at least 4 members (excludes halogenated alkanes) is 1. The van der Waals surface area contributed by atoms with E-state index in [9.17, 15) is 4.79 Å². The van der Waals surface area contributed by atoms with E-state index in [1.807, 2.05) is 18.2 Å². The Kier molecular flexibility index (Phi) is 6.09. The van der Waals surface area contributed by atoms with Crippen LogP contribution in [0.1, 0.15) is 28.8 Å². The van der Waals surface area contributed by atoms with E-state index < -0.39 is 0 Å². The smallest absolute Gasteiger partial charge is 0.252 e. The van der Waals surface area contributed by atoms with Crippen molar-refractivity contribution >= 4 is 29.1 Å². The summed E-state index contributed by atoms with van der Waals surface area (Å²) >= 11 is 11.9. The monoisotopic (exact) mass is 321 g/mol. The molecular formula is C17H17Cl2NO. The number of carbonyl (C=O) groups is 1. The van der Waals surface area contributed by atoms with E-state index in [2.05, 4.69) is 17.4 Å². The van der Waals surface area contributed by atoms with E-state index in [1.54, 1.807) is 18.2 Å². The summed E-state index contributed by atoms with van der Waals surface area (Å²) in [6.45, 7) is 0.633. The van der Waals surface area contributed by atoms with Crippen molar-refractivity contribution in [2.45, 2.75) is 19.3 Å². The van der Waals surface area contributed by atoms with Crippen molar-refractivity contribution in [2.24, 2.45) is 0 Å². The quantitative estimate of drug-likeness (QED) is 0.764. The molecule has 110 valence electrons. The number of hydrogen-bond acceptors (Lipinski definition) is 1. The molecule has 0 aliphatic carbocycles. The molecule has 0 aromatic heterocycles. The minimum atomic E-state index is -0.179. The Balaban J connectivity index is 1.73. The molecule has 0 radical (unpaired) electrons. The number of nitrogens with one attached hydrogen (secondary N) is 1. The standard InChI is InChI=1S/C17H17Cl2NO/c18-14-9-10-16(19)15(12-14)17(21)20-11-5-4-8-13-6-2-1-3-7-13/h1-3,6-7,9-10,12H,4-5,8,11H2,(H,20,21). The number of benzene rings is 2. The number of carbonyl (C=O) groups excluding carboxylic acids is 1. The second-order valence-corrected chi connectivity index (χ2v) is 5.67. The molecule has 0 atom stereocenters. The highest BCUT2D eigenvalue weighted by atomic mass is 35.5. The van der Waals surface area contributed by atoms with Crippen LogP contribution < -0.4 is 5.32 Å². The molecule has 0 unspecified atom stereocenters. The van der Waals surface area contributed by atoms with E-state index >= 15 is 0 Å². The predicted molar refractivity (Wildman–Crippen MR) is 88.2 cm³/mol. The van der Waals surface area contributed by atoms with Crippen molar-refractivity contribution in [1.82, 2.24) is 5.32 Å². The van der Waals surface area contributed by atoms with Crippen LogP contribution in [-0.2, 0) is 6.42 Å². The lowest BCUT2D eigenvalue weighted by atomic mass is 10.1. The number of rotatable bonds is 6. The van der Waals surface area contributed by atoms with Gasteiger partial charge < -0.3 is 5.32 Å². The van der Waals surface area contributed by atoms with Crippen LogP contribution >= 0.6 is 23.2 Å². The Hall–Kier alpha value is -1.51. The van der Waals surface area contributed by atoms with Crippen LogP contribution in [0.3, 0.4) is 0 Å². The van der Waals surface area contributed by atoms with Crippen LogP contribution in [0, 0.1) is 0 Å². The van der Waals surface area contributed by atoms with Crippen LogP contribution in [0.2, 0.25) is 10.0 Å². The van der Waals surface area contributed by atoms with Crippen molar-refractivity contribution < 1.29 is 4.79 Å². The Morgan fingerprint density at radius 1 is 1.00 bits per heavy atom.